The number of nitrogens with zero attached hydrogens (tertiary/aromatic N) is 2. The lowest BCUT2D eigenvalue weighted by Gasteiger charge is -2.30. The summed E-state index contributed by atoms with van der Waals surface area (Å²) < 4.78 is 16.4. The summed E-state index contributed by atoms with van der Waals surface area (Å²) in [5.41, 5.74) is 0.159. The van der Waals surface area contributed by atoms with E-state index in [1.807, 2.05) is 9.47 Å². The molecule has 4 N–H and O–H groups in total. The molecule has 1 aliphatic carbocycles. The Bertz CT molecular complexity index is 1180. The average molecular weight is 478 g/mol. The van der Waals surface area contributed by atoms with Gasteiger partial charge in [0, 0.05) is 43.8 Å². The number of phenolic OH excluding ortho intramolecular Hbond substituents is 2. The molecule has 2 aliphatic rings. The first-order chi connectivity index (χ1) is 15.3. The second-order valence-electron chi connectivity index (χ2n) is 7.89. The van der Waals surface area contributed by atoms with Crippen molar-refractivity contribution in [3.05, 3.63) is 64.2 Å². The van der Waals surface area contributed by atoms with Gasteiger partial charge in [0.1, 0.15) is 22.9 Å². The maximum Gasteiger partial charge on any atom is 0.341 e. The number of halogens is 2. The predicted octanol–water partition coefficient (Wildman–Crippen LogP) is 3.10. The molecule has 2 heterocycles. The molecule has 0 unspecified atom stereocenters. The van der Waals surface area contributed by atoms with Crippen LogP contribution in [0.1, 0.15) is 29.2 Å². The Morgan fingerprint density at radius 2 is 1.61 bits per heavy atom. The third kappa shape index (κ3) is 5.37. The normalized spacial score (nSPS) is 15.4. The van der Waals surface area contributed by atoms with Crippen LogP contribution in [0.5, 0.6) is 11.5 Å². The molecule has 0 atom stereocenters. The maximum atomic E-state index is 14.6. The van der Waals surface area contributed by atoms with Gasteiger partial charge in [-0.3, -0.25) is 4.79 Å². The van der Waals surface area contributed by atoms with Crippen molar-refractivity contribution in [3.63, 3.8) is 0 Å². The van der Waals surface area contributed by atoms with Gasteiger partial charge in [-0.15, -0.1) is 12.4 Å². The fourth-order valence-electron chi connectivity index (χ4n) is 3.77. The van der Waals surface area contributed by atoms with Crippen LogP contribution in [-0.2, 0) is 0 Å². The summed E-state index contributed by atoms with van der Waals surface area (Å²) in [4.78, 5) is 25.7. The number of hydrogen-bond donors (Lipinski definition) is 4. The van der Waals surface area contributed by atoms with Crippen LogP contribution in [0.3, 0.4) is 0 Å². The SMILES string of the molecule is Cl.O=C(O)c1cn(C2CC2)c2cc(N3CCNCC3)c(F)cc2c1=O.Oc1ccc(O)cc1. The van der Waals surface area contributed by atoms with E-state index >= 15 is 0 Å². The Labute approximate surface area is 195 Å². The molecular weight excluding hydrogens is 453 g/mol. The first-order valence-corrected chi connectivity index (χ1v) is 10.4. The molecule has 2 aromatic carbocycles. The van der Waals surface area contributed by atoms with Gasteiger partial charge >= 0.3 is 5.97 Å². The minimum atomic E-state index is -1.28. The second-order valence-corrected chi connectivity index (χ2v) is 7.89. The van der Waals surface area contributed by atoms with Crippen molar-refractivity contribution in [1.29, 1.82) is 0 Å². The molecule has 3 aromatic rings. The number of piperazine rings is 1. The van der Waals surface area contributed by atoms with E-state index in [9.17, 15) is 19.1 Å². The van der Waals surface area contributed by atoms with Crippen molar-refractivity contribution < 1.29 is 24.5 Å². The Morgan fingerprint density at radius 3 is 2.12 bits per heavy atom. The number of benzene rings is 2. The van der Waals surface area contributed by atoms with E-state index < -0.39 is 17.2 Å². The number of anilines is 1. The molecule has 33 heavy (non-hydrogen) atoms. The quantitative estimate of drug-likeness (QED) is 0.428. The van der Waals surface area contributed by atoms with E-state index in [0.29, 0.717) is 24.3 Å². The molecule has 1 aliphatic heterocycles. The van der Waals surface area contributed by atoms with Gasteiger partial charge in [0.15, 0.2) is 0 Å². The van der Waals surface area contributed by atoms with E-state index in [2.05, 4.69) is 5.32 Å². The predicted molar refractivity (Wildman–Crippen MR) is 125 cm³/mol. The molecule has 0 bridgehead atoms. The summed E-state index contributed by atoms with van der Waals surface area (Å²) in [6.45, 7) is 2.96. The zero-order valence-electron chi connectivity index (χ0n) is 17.7. The van der Waals surface area contributed by atoms with Crippen LogP contribution in [0, 0.1) is 5.82 Å². The van der Waals surface area contributed by atoms with Crippen molar-refractivity contribution in [2.24, 2.45) is 0 Å². The molecule has 2 fully saturated rings. The van der Waals surface area contributed by atoms with Crippen LogP contribution in [0.4, 0.5) is 10.1 Å². The number of fused-ring (bicyclic) bond motifs is 1. The van der Waals surface area contributed by atoms with Crippen LogP contribution in [0.15, 0.2) is 47.4 Å². The van der Waals surface area contributed by atoms with Crippen LogP contribution in [0.25, 0.3) is 10.9 Å². The Balaban J connectivity index is 0.000000290. The molecule has 5 rings (SSSR count). The van der Waals surface area contributed by atoms with Gasteiger partial charge in [-0.25, -0.2) is 9.18 Å². The number of pyridine rings is 1. The van der Waals surface area contributed by atoms with Crippen LogP contribution in [0.2, 0.25) is 0 Å². The van der Waals surface area contributed by atoms with Gasteiger partial charge in [-0.2, -0.15) is 0 Å². The van der Waals surface area contributed by atoms with E-state index in [1.165, 1.54) is 36.5 Å². The number of rotatable bonds is 3. The summed E-state index contributed by atoms with van der Waals surface area (Å²) in [5, 5.41) is 29.9. The van der Waals surface area contributed by atoms with Gasteiger partial charge < -0.3 is 30.1 Å². The van der Waals surface area contributed by atoms with Crippen molar-refractivity contribution in [1.82, 2.24) is 9.88 Å². The van der Waals surface area contributed by atoms with Gasteiger partial charge in [0.2, 0.25) is 5.43 Å². The van der Waals surface area contributed by atoms with E-state index in [1.54, 1.807) is 6.07 Å². The number of phenols is 2. The van der Waals surface area contributed by atoms with E-state index in [4.69, 9.17) is 10.2 Å². The molecule has 1 aromatic heterocycles. The smallest absolute Gasteiger partial charge is 0.341 e. The number of aromatic carboxylic acids is 1. The van der Waals surface area contributed by atoms with E-state index in [-0.39, 0.29) is 40.9 Å². The van der Waals surface area contributed by atoms with Crippen LogP contribution in [-0.4, -0.2) is 52.0 Å². The highest BCUT2D eigenvalue weighted by Crippen LogP contribution is 2.38. The average Bonchev–Trinajstić information content (AvgIpc) is 3.62. The molecule has 0 spiro atoms. The lowest BCUT2D eigenvalue weighted by molar-refractivity contribution is 0.0695. The van der Waals surface area contributed by atoms with Crippen molar-refractivity contribution in [2.75, 3.05) is 31.1 Å². The van der Waals surface area contributed by atoms with Gasteiger partial charge in [0.05, 0.1) is 11.2 Å². The first kappa shape index (κ1) is 24.3. The molecule has 10 heteroatoms. The topological polar surface area (TPSA) is 115 Å². The molecule has 8 nitrogen and oxygen atoms in total. The number of carbonyl (C=O) groups is 1. The molecule has 0 radical (unpaired) electrons. The summed E-state index contributed by atoms with van der Waals surface area (Å²) in [6, 6.07) is 8.78. The molecule has 1 saturated heterocycles. The zero-order valence-corrected chi connectivity index (χ0v) is 18.5. The van der Waals surface area contributed by atoms with Gasteiger partial charge in [-0.05, 0) is 49.2 Å². The lowest BCUT2D eigenvalue weighted by Crippen LogP contribution is -2.43. The summed E-state index contributed by atoms with van der Waals surface area (Å²) in [6.07, 6.45) is 3.29. The first-order valence-electron chi connectivity index (χ1n) is 10.4. The van der Waals surface area contributed by atoms with Crippen molar-refractivity contribution >= 4 is 35.0 Å². The van der Waals surface area contributed by atoms with Gasteiger partial charge in [0.25, 0.3) is 0 Å². The lowest BCUT2D eigenvalue weighted by atomic mass is 10.1. The number of hydrogen-bond acceptors (Lipinski definition) is 6. The molecular formula is C23H25ClFN3O5. The third-order valence-electron chi connectivity index (χ3n) is 5.58. The Morgan fingerprint density at radius 1 is 1.03 bits per heavy atom. The van der Waals surface area contributed by atoms with Crippen LogP contribution >= 0.6 is 12.4 Å². The maximum absolute atomic E-state index is 14.6. The minimum Gasteiger partial charge on any atom is -0.508 e. The minimum absolute atomic E-state index is 0. The molecule has 176 valence electrons. The standard InChI is InChI=1S/C17H18FN3O3.C6H6O2.ClH/c18-13-7-11-14(8-15(13)20-5-3-19-4-6-20)21(10-1-2-10)9-12(16(11)22)17(23)24;7-5-1-2-6(8)4-3-5;/h7-10,19H,1-6H2,(H,23,24);1-4,7-8H;1H. The monoisotopic (exact) mass is 477 g/mol. The second kappa shape index (κ2) is 10.1. The number of aromatic nitrogens is 1. The van der Waals surface area contributed by atoms with Crippen LogP contribution < -0.4 is 15.6 Å². The summed E-state index contributed by atoms with van der Waals surface area (Å²) >= 11 is 0. The number of nitrogens with one attached hydrogen (secondary N) is 1. The summed E-state index contributed by atoms with van der Waals surface area (Å²) in [5.74, 6) is -1.42. The fraction of sp³-hybridized carbons (Fsp3) is 0.304. The highest BCUT2D eigenvalue weighted by atomic mass is 35.5. The highest BCUT2D eigenvalue weighted by molar-refractivity contribution is 5.93. The number of carboxylic acid groups (broad SMARTS) is 1. The molecule has 0 amide bonds. The summed E-state index contributed by atoms with van der Waals surface area (Å²) in [7, 11) is 0. The zero-order chi connectivity index (χ0) is 22.8. The largest absolute Gasteiger partial charge is 0.508 e. The molecule has 1 saturated carbocycles. The third-order valence-corrected chi connectivity index (χ3v) is 5.58. The number of carboxylic acids is 1. The number of aromatic hydroxyl groups is 2. The Kier molecular flexibility index (Phi) is 7.45. The van der Waals surface area contributed by atoms with Crippen molar-refractivity contribution in [3.8, 4) is 11.5 Å². The Hall–Kier alpha value is -3.30. The van der Waals surface area contributed by atoms with Gasteiger partial charge in [-0.1, -0.05) is 0 Å². The fourth-order valence-corrected chi connectivity index (χ4v) is 3.77. The highest BCUT2D eigenvalue weighted by Gasteiger charge is 2.28. The van der Waals surface area contributed by atoms with Crippen molar-refractivity contribution in [2.45, 2.75) is 18.9 Å². The van der Waals surface area contributed by atoms with E-state index in [0.717, 1.165) is 25.9 Å².